The molecule has 0 amide bonds. The van der Waals surface area contributed by atoms with Gasteiger partial charge in [-0.2, -0.15) is 0 Å². The number of benzene rings is 2. The van der Waals surface area contributed by atoms with E-state index in [1.807, 2.05) is 24.3 Å². The molecule has 2 rings (SSSR count). The third-order valence-electron chi connectivity index (χ3n) is 3.63. The number of methoxy groups -OCH3 is 4. The molecule has 0 bridgehead atoms. The fourth-order valence-corrected chi connectivity index (χ4v) is 2.26. The van der Waals surface area contributed by atoms with E-state index in [9.17, 15) is 4.79 Å². The van der Waals surface area contributed by atoms with E-state index in [4.69, 9.17) is 18.9 Å². The molecule has 0 aromatic heterocycles. The molecule has 0 aliphatic heterocycles. The molecule has 2 aromatic rings. The SMILES string of the molecule is COc1cc(/C=C/C(=O)/C=C/c2cc(OC)cc(OC)c2)cc(OC)c1.[Pd]. The van der Waals surface area contributed by atoms with Crippen LogP contribution < -0.4 is 18.9 Å². The molecule has 2 aromatic carbocycles. The van der Waals surface area contributed by atoms with E-state index in [2.05, 4.69) is 0 Å². The number of carbonyl (C=O) groups is 1. The summed E-state index contributed by atoms with van der Waals surface area (Å²) in [6.07, 6.45) is 6.40. The predicted octanol–water partition coefficient (Wildman–Crippen LogP) is 4.01. The van der Waals surface area contributed by atoms with Crippen LogP contribution in [-0.4, -0.2) is 34.2 Å². The predicted molar refractivity (Wildman–Crippen MR) is 102 cm³/mol. The van der Waals surface area contributed by atoms with E-state index < -0.39 is 0 Å². The van der Waals surface area contributed by atoms with Crippen LogP contribution in [0.2, 0.25) is 0 Å². The normalized spacial score (nSPS) is 10.5. The van der Waals surface area contributed by atoms with Crippen molar-refractivity contribution < 1.29 is 44.2 Å². The minimum absolute atomic E-state index is 0. The van der Waals surface area contributed by atoms with Crippen LogP contribution in [0.3, 0.4) is 0 Å². The summed E-state index contributed by atoms with van der Waals surface area (Å²) in [5, 5.41) is 0. The molecular formula is C21H22O5Pd. The Morgan fingerprint density at radius 3 is 1.19 bits per heavy atom. The van der Waals surface area contributed by atoms with Gasteiger partial charge in [0.1, 0.15) is 23.0 Å². The van der Waals surface area contributed by atoms with Crippen molar-refractivity contribution in [3.05, 3.63) is 59.7 Å². The second-order valence-electron chi connectivity index (χ2n) is 5.36. The first kappa shape index (κ1) is 22.5. The van der Waals surface area contributed by atoms with Crippen LogP contribution in [0.5, 0.6) is 23.0 Å². The Labute approximate surface area is 173 Å². The average molecular weight is 461 g/mol. The average Bonchev–Trinajstić information content (AvgIpc) is 2.69. The first-order valence-electron chi connectivity index (χ1n) is 7.94. The Morgan fingerprint density at radius 1 is 0.630 bits per heavy atom. The summed E-state index contributed by atoms with van der Waals surface area (Å²) in [6.45, 7) is 0. The molecule has 0 heterocycles. The van der Waals surface area contributed by atoms with E-state index in [1.54, 1.807) is 52.7 Å². The van der Waals surface area contributed by atoms with E-state index in [-0.39, 0.29) is 26.2 Å². The number of rotatable bonds is 8. The zero-order valence-electron chi connectivity index (χ0n) is 15.6. The quantitative estimate of drug-likeness (QED) is 0.440. The van der Waals surface area contributed by atoms with Gasteiger partial charge in [-0.3, -0.25) is 4.79 Å². The molecule has 0 atom stereocenters. The second kappa shape index (κ2) is 11.2. The van der Waals surface area contributed by atoms with Crippen LogP contribution >= 0.6 is 0 Å². The Hall–Kier alpha value is -2.55. The van der Waals surface area contributed by atoms with Gasteiger partial charge in [0.2, 0.25) is 0 Å². The molecule has 0 spiro atoms. The van der Waals surface area contributed by atoms with Gasteiger partial charge in [0.15, 0.2) is 5.78 Å². The Balaban J connectivity index is 0.00000364. The fraction of sp³-hybridized carbons (Fsp3) is 0.190. The van der Waals surface area contributed by atoms with E-state index >= 15 is 0 Å². The maximum absolute atomic E-state index is 12.1. The summed E-state index contributed by atoms with van der Waals surface area (Å²) >= 11 is 0. The summed E-state index contributed by atoms with van der Waals surface area (Å²) in [7, 11) is 6.33. The smallest absolute Gasteiger partial charge is 0.178 e. The summed E-state index contributed by atoms with van der Waals surface area (Å²) < 4.78 is 20.9. The molecule has 0 fully saturated rings. The van der Waals surface area contributed by atoms with Gasteiger partial charge in [-0.25, -0.2) is 0 Å². The van der Waals surface area contributed by atoms with Crippen molar-refractivity contribution in [2.24, 2.45) is 0 Å². The van der Waals surface area contributed by atoms with Gasteiger partial charge >= 0.3 is 0 Å². The maximum Gasteiger partial charge on any atom is 0.178 e. The van der Waals surface area contributed by atoms with Gasteiger partial charge in [0.05, 0.1) is 28.4 Å². The number of carbonyl (C=O) groups excluding carboxylic acids is 1. The van der Waals surface area contributed by atoms with E-state index in [0.717, 1.165) is 11.1 Å². The summed E-state index contributed by atoms with van der Waals surface area (Å²) in [6, 6.07) is 10.8. The Kier molecular flexibility index (Phi) is 9.35. The molecule has 0 N–H and O–H groups in total. The van der Waals surface area contributed by atoms with Crippen LogP contribution in [0.15, 0.2) is 48.6 Å². The Morgan fingerprint density at radius 2 is 0.926 bits per heavy atom. The molecule has 6 heteroatoms. The molecule has 0 saturated carbocycles. The molecule has 0 radical (unpaired) electrons. The van der Waals surface area contributed by atoms with Crippen molar-refractivity contribution in [1.82, 2.24) is 0 Å². The topological polar surface area (TPSA) is 54.0 Å². The molecule has 27 heavy (non-hydrogen) atoms. The van der Waals surface area contributed by atoms with Gasteiger partial charge in [-0.15, -0.1) is 0 Å². The maximum atomic E-state index is 12.1. The molecule has 0 unspecified atom stereocenters. The van der Waals surface area contributed by atoms with Crippen molar-refractivity contribution in [1.29, 1.82) is 0 Å². The second-order valence-corrected chi connectivity index (χ2v) is 5.36. The van der Waals surface area contributed by atoms with Crippen molar-refractivity contribution >= 4 is 17.9 Å². The number of ether oxygens (including phenoxy) is 4. The van der Waals surface area contributed by atoms with Gasteiger partial charge in [0, 0.05) is 32.6 Å². The van der Waals surface area contributed by atoms with Gasteiger partial charge in [-0.05, 0) is 47.5 Å². The van der Waals surface area contributed by atoms with Crippen molar-refractivity contribution in [3.8, 4) is 23.0 Å². The summed E-state index contributed by atoms with van der Waals surface area (Å²) in [4.78, 5) is 12.1. The largest absolute Gasteiger partial charge is 0.497 e. The van der Waals surface area contributed by atoms with Crippen molar-refractivity contribution in [2.75, 3.05) is 28.4 Å². The number of allylic oxidation sites excluding steroid dienone is 2. The molecule has 146 valence electrons. The van der Waals surface area contributed by atoms with Crippen LogP contribution in [-0.2, 0) is 25.2 Å². The number of ketones is 1. The first-order valence-corrected chi connectivity index (χ1v) is 7.94. The van der Waals surface area contributed by atoms with Crippen LogP contribution in [0, 0.1) is 0 Å². The monoisotopic (exact) mass is 460 g/mol. The third-order valence-corrected chi connectivity index (χ3v) is 3.63. The molecule has 0 aliphatic rings. The number of hydrogen-bond donors (Lipinski definition) is 0. The third kappa shape index (κ3) is 6.93. The minimum Gasteiger partial charge on any atom is -0.497 e. The Bertz CT molecular complexity index is 715. The molecule has 0 aliphatic carbocycles. The summed E-state index contributed by atoms with van der Waals surface area (Å²) in [5.74, 6) is 2.51. The molecular weight excluding hydrogens is 439 g/mol. The van der Waals surface area contributed by atoms with E-state index in [0.29, 0.717) is 23.0 Å². The first-order chi connectivity index (χ1) is 12.6. The molecule has 5 nitrogen and oxygen atoms in total. The van der Waals surface area contributed by atoms with Gasteiger partial charge < -0.3 is 18.9 Å². The zero-order chi connectivity index (χ0) is 18.9. The van der Waals surface area contributed by atoms with Gasteiger partial charge in [0.25, 0.3) is 0 Å². The van der Waals surface area contributed by atoms with Crippen LogP contribution in [0.25, 0.3) is 12.2 Å². The fourth-order valence-electron chi connectivity index (χ4n) is 2.26. The summed E-state index contributed by atoms with van der Waals surface area (Å²) in [5.41, 5.74) is 1.62. The number of hydrogen-bond acceptors (Lipinski definition) is 5. The van der Waals surface area contributed by atoms with Gasteiger partial charge in [-0.1, -0.05) is 12.2 Å². The van der Waals surface area contributed by atoms with Crippen LogP contribution in [0.1, 0.15) is 11.1 Å². The zero-order valence-corrected chi connectivity index (χ0v) is 17.2. The van der Waals surface area contributed by atoms with Crippen molar-refractivity contribution in [2.45, 2.75) is 0 Å². The minimum atomic E-state index is -0.145. The molecule has 0 saturated heterocycles. The standard InChI is InChI=1S/C21H22O5.Pd/c1-23-18-9-15(10-19(13-18)24-2)5-7-17(22)8-6-16-11-20(25-3)14-21(12-16)26-4;/h5-14H,1-4H3;/b7-5+,8-6+;. The van der Waals surface area contributed by atoms with Crippen molar-refractivity contribution in [3.63, 3.8) is 0 Å². The van der Waals surface area contributed by atoms with E-state index in [1.165, 1.54) is 12.2 Å². The van der Waals surface area contributed by atoms with Crippen LogP contribution in [0.4, 0.5) is 0 Å².